The van der Waals surface area contributed by atoms with E-state index in [1.54, 1.807) is 0 Å². The summed E-state index contributed by atoms with van der Waals surface area (Å²) in [4.78, 5) is 0. The second-order valence-corrected chi connectivity index (χ2v) is 14.9. The predicted octanol–water partition coefficient (Wildman–Crippen LogP) is 6.94. The Morgan fingerprint density at radius 1 is 0.556 bits per heavy atom. The van der Waals surface area contributed by atoms with Gasteiger partial charge in [-0.2, -0.15) is 0 Å². The van der Waals surface area contributed by atoms with Crippen LogP contribution in [0.2, 0.25) is 8.87 Å². The van der Waals surface area contributed by atoms with E-state index in [0.717, 1.165) is 0 Å². The van der Waals surface area contributed by atoms with Gasteiger partial charge in [0.2, 0.25) is 0 Å². The third-order valence-corrected chi connectivity index (χ3v) is 11.3. The molecule has 1 radical (unpaired) electrons. The first kappa shape index (κ1) is 19.1. The van der Waals surface area contributed by atoms with Gasteiger partial charge < -0.3 is 0 Å². The van der Waals surface area contributed by atoms with Crippen LogP contribution in [0.25, 0.3) is 0 Å². The van der Waals surface area contributed by atoms with Crippen LogP contribution in [0.3, 0.4) is 0 Å². The molecule has 0 aromatic carbocycles. The van der Waals surface area contributed by atoms with Crippen LogP contribution in [0.4, 0.5) is 0 Å². The summed E-state index contributed by atoms with van der Waals surface area (Å²) in [7, 11) is 6.56. The van der Waals surface area contributed by atoms with E-state index in [1.165, 1.54) is 85.9 Å². The van der Waals surface area contributed by atoms with Crippen LogP contribution in [0.5, 0.6) is 0 Å². The summed E-state index contributed by atoms with van der Waals surface area (Å²) in [5.74, 6) is 0. The standard InChI is InChI=1S/2C8H17.ClH.Sn/c2*1-3-5-7-8-6-4-2;;/h2*1,3-8H2,2H3;1H;/q;;;+1/p-1. The van der Waals surface area contributed by atoms with Gasteiger partial charge in [-0.05, 0) is 0 Å². The quantitative estimate of drug-likeness (QED) is 0.226. The zero-order chi connectivity index (χ0) is 13.5. The van der Waals surface area contributed by atoms with Crippen molar-refractivity contribution < 1.29 is 0 Å². The third-order valence-electron chi connectivity index (χ3n) is 3.60. The molecule has 109 valence electrons. The van der Waals surface area contributed by atoms with Gasteiger partial charge in [0.25, 0.3) is 0 Å². The number of rotatable bonds is 14. The van der Waals surface area contributed by atoms with Gasteiger partial charge in [-0.3, -0.25) is 0 Å². The molecule has 0 saturated heterocycles. The summed E-state index contributed by atoms with van der Waals surface area (Å²) in [6, 6.07) is 0. The number of halogens is 1. The van der Waals surface area contributed by atoms with Crippen molar-refractivity contribution in [3.05, 3.63) is 0 Å². The third kappa shape index (κ3) is 15.1. The fourth-order valence-electron chi connectivity index (χ4n) is 2.32. The van der Waals surface area contributed by atoms with E-state index in [9.17, 15) is 0 Å². The van der Waals surface area contributed by atoms with Gasteiger partial charge in [0.15, 0.2) is 0 Å². The summed E-state index contributed by atoms with van der Waals surface area (Å²) >= 11 is -1.39. The molecular weight excluding hydrogens is 346 g/mol. The second-order valence-electron chi connectivity index (χ2n) is 5.55. The van der Waals surface area contributed by atoms with Gasteiger partial charge in [-0.25, -0.2) is 0 Å². The Balaban J connectivity index is 3.10. The van der Waals surface area contributed by atoms with Crippen molar-refractivity contribution >= 4 is 27.6 Å². The van der Waals surface area contributed by atoms with Crippen LogP contribution in [0, 0.1) is 0 Å². The first-order valence-corrected chi connectivity index (χ1v) is 16.0. The summed E-state index contributed by atoms with van der Waals surface area (Å²) in [5.41, 5.74) is 0. The minimum atomic E-state index is -1.39. The second kappa shape index (κ2) is 16.1. The molecule has 0 N–H and O–H groups in total. The Bertz CT molecular complexity index is 134. The molecule has 0 aromatic rings. The van der Waals surface area contributed by atoms with Gasteiger partial charge >= 0.3 is 127 Å². The Morgan fingerprint density at radius 2 is 0.889 bits per heavy atom. The molecule has 0 nitrogen and oxygen atoms in total. The molecule has 0 atom stereocenters. The molecule has 0 unspecified atom stereocenters. The van der Waals surface area contributed by atoms with Crippen LogP contribution in [-0.4, -0.2) is 18.6 Å². The van der Waals surface area contributed by atoms with E-state index >= 15 is 0 Å². The average Bonchev–Trinajstić information content (AvgIpc) is 2.38. The Labute approximate surface area is 127 Å². The molecule has 0 spiro atoms. The van der Waals surface area contributed by atoms with Gasteiger partial charge in [-0.1, -0.05) is 0 Å². The molecule has 0 aliphatic heterocycles. The van der Waals surface area contributed by atoms with Crippen LogP contribution < -0.4 is 0 Å². The van der Waals surface area contributed by atoms with E-state index in [2.05, 4.69) is 13.8 Å². The maximum absolute atomic E-state index is 6.56. The topological polar surface area (TPSA) is 0 Å². The van der Waals surface area contributed by atoms with Crippen molar-refractivity contribution in [1.82, 2.24) is 0 Å². The van der Waals surface area contributed by atoms with Crippen molar-refractivity contribution in [3.63, 3.8) is 0 Å². The monoisotopic (exact) mass is 381 g/mol. The number of hydrogen-bond donors (Lipinski definition) is 0. The fourth-order valence-corrected chi connectivity index (χ4v) is 8.44. The van der Waals surface area contributed by atoms with Crippen LogP contribution in [0.15, 0.2) is 0 Å². The molecule has 0 amide bonds. The molecule has 18 heavy (non-hydrogen) atoms. The van der Waals surface area contributed by atoms with E-state index < -0.39 is 18.6 Å². The summed E-state index contributed by atoms with van der Waals surface area (Å²) in [6.45, 7) is 4.57. The molecule has 0 heterocycles. The van der Waals surface area contributed by atoms with Crippen molar-refractivity contribution in [3.8, 4) is 0 Å². The van der Waals surface area contributed by atoms with E-state index in [4.69, 9.17) is 8.92 Å². The molecule has 0 fully saturated rings. The van der Waals surface area contributed by atoms with Crippen molar-refractivity contribution in [1.29, 1.82) is 0 Å². The normalized spacial score (nSPS) is 11.3. The van der Waals surface area contributed by atoms with Crippen LogP contribution >= 0.6 is 8.92 Å². The van der Waals surface area contributed by atoms with Gasteiger partial charge in [0.05, 0.1) is 0 Å². The molecule has 0 saturated carbocycles. The van der Waals surface area contributed by atoms with E-state index in [1.807, 2.05) is 0 Å². The van der Waals surface area contributed by atoms with Crippen molar-refractivity contribution in [2.45, 2.75) is 99.8 Å². The van der Waals surface area contributed by atoms with Crippen LogP contribution in [-0.2, 0) is 0 Å². The van der Waals surface area contributed by atoms with Gasteiger partial charge in [-0.15, -0.1) is 0 Å². The Hall–Kier alpha value is 1.09. The first-order chi connectivity index (χ1) is 8.81. The van der Waals surface area contributed by atoms with Crippen molar-refractivity contribution in [2.75, 3.05) is 0 Å². The molecule has 0 bridgehead atoms. The zero-order valence-corrected chi connectivity index (χ0v) is 16.4. The van der Waals surface area contributed by atoms with Gasteiger partial charge in [0.1, 0.15) is 0 Å². The minimum absolute atomic E-state index is 1.36. The molecule has 0 aromatic heterocycles. The SMILES string of the molecule is CCCCCCC[CH2][Sn]([Cl])[CH2]CCCCCCC. The molecule has 0 rings (SSSR count). The predicted molar refractivity (Wildman–Crippen MR) is 88.0 cm³/mol. The molecular formula is C16H34ClSn. The Morgan fingerprint density at radius 3 is 1.28 bits per heavy atom. The molecule has 0 aliphatic rings. The zero-order valence-electron chi connectivity index (χ0n) is 12.8. The van der Waals surface area contributed by atoms with E-state index in [0.29, 0.717) is 0 Å². The number of unbranched alkanes of at least 4 members (excludes halogenated alkanes) is 10. The first-order valence-electron chi connectivity index (χ1n) is 8.31. The van der Waals surface area contributed by atoms with E-state index in [-0.39, 0.29) is 0 Å². The summed E-state index contributed by atoms with van der Waals surface area (Å²) < 4.78 is 2.87. The molecule has 0 aliphatic carbocycles. The fraction of sp³-hybridized carbons (Fsp3) is 1.00. The summed E-state index contributed by atoms with van der Waals surface area (Å²) in [5, 5.41) is 0. The van der Waals surface area contributed by atoms with Crippen molar-refractivity contribution in [2.24, 2.45) is 0 Å². The summed E-state index contributed by atoms with van der Waals surface area (Å²) in [6.07, 6.45) is 17.0. The number of hydrogen-bond acceptors (Lipinski definition) is 0. The maximum atomic E-state index is 6.56. The Kier molecular flexibility index (Phi) is 17.1. The molecule has 2 heteroatoms. The van der Waals surface area contributed by atoms with Gasteiger partial charge in [0, 0.05) is 0 Å². The average molecular weight is 381 g/mol. The van der Waals surface area contributed by atoms with Crippen LogP contribution in [0.1, 0.15) is 90.9 Å².